The molecule has 10 heteroatoms. The minimum atomic E-state index is -0.825. The monoisotopic (exact) mass is 264 g/mol. The van der Waals surface area contributed by atoms with Gasteiger partial charge in [0.1, 0.15) is 11.7 Å². The zero-order valence-corrected chi connectivity index (χ0v) is 9.05. The molecule has 0 unspecified atom stereocenters. The number of hydrogen-bond acceptors (Lipinski definition) is 7. The zero-order valence-electron chi connectivity index (χ0n) is 9.05. The van der Waals surface area contributed by atoms with E-state index in [2.05, 4.69) is 4.98 Å². The van der Waals surface area contributed by atoms with Crippen LogP contribution < -0.4 is 0 Å². The fourth-order valence-corrected chi connectivity index (χ4v) is 1.55. The van der Waals surface area contributed by atoms with Crippen LogP contribution in [0.1, 0.15) is 0 Å². The van der Waals surface area contributed by atoms with Crippen molar-refractivity contribution in [1.29, 1.82) is 0 Å². The summed E-state index contributed by atoms with van der Waals surface area (Å²) in [6.45, 7) is 0. The molecule has 0 amide bonds. The molecule has 0 fully saturated rings. The Morgan fingerprint density at radius 1 is 0.842 bits per heavy atom. The Morgan fingerprint density at radius 2 is 1.42 bits per heavy atom. The van der Waals surface area contributed by atoms with Crippen molar-refractivity contribution >= 4 is 28.0 Å². The topological polar surface area (TPSA) is 142 Å². The van der Waals surface area contributed by atoms with Crippen molar-refractivity contribution in [1.82, 2.24) is 4.98 Å². The van der Waals surface area contributed by atoms with E-state index in [1.807, 2.05) is 0 Å². The molecular formula is C9H4N4O6. The summed E-state index contributed by atoms with van der Waals surface area (Å²) in [5.41, 5.74) is -1.64. The van der Waals surface area contributed by atoms with Crippen molar-refractivity contribution in [3.63, 3.8) is 0 Å². The van der Waals surface area contributed by atoms with E-state index < -0.39 is 31.8 Å². The number of fused-ring (bicyclic) bond motifs is 1. The lowest BCUT2D eigenvalue weighted by Gasteiger charge is -1.99. The summed E-state index contributed by atoms with van der Waals surface area (Å²) in [4.78, 5) is 33.3. The van der Waals surface area contributed by atoms with Crippen LogP contribution >= 0.6 is 0 Å². The summed E-state index contributed by atoms with van der Waals surface area (Å²) in [5, 5.41) is 32.0. The number of nitro benzene ring substituents is 2. The number of pyridine rings is 1. The van der Waals surface area contributed by atoms with Gasteiger partial charge in [0.15, 0.2) is 0 Å². The van der Waals surface area contributed by atoms with E-state index in [4.69, 9.17) is 0 Å². The van der Waals surface area contributed by atoms with Gasteiger partial charge < -0.3 is 0 Å². The third-order valence-electron chi connectivity index (χ3n) is 2.35. The van der Waals surface area contributed by atoms with Gasteiger partial charge in [-0.15, -0.1) is 0 Å². The summed E-state index contributed by atoms with van der Waals surface area (Å²) in [7, 11) is 0. The fourth-order valence-electron chi connectivity index (χ4n) is 1.55. The molecule has 0 radical (unpaired) electrons. The van der Waals surface area contributed by atoms with E-state index in [1.165, 1.54) is 0 Å². The van der Waals surface area contributed by atoms with Crippen molar-refractivity contribution in [2.24, 2.45) is 0 Å². The predicted molar refractivity (Wildman–Crippen MR) is 61.7 cm³/mol. The third-order valence-corrected chi connectivity index (χ3v) is 2.35. The molecule has 19 heavy (non-hydrogen) atoms. The molecule has 0 N–H and O–H groups in total. The van der Waals surface area contributed by atoms with Crippen LogP contribution in [0, 0.1) is 30.3 Å². The van der Waals surface area contributed by atoms with E-state index in [1.54, 1.807) is 0 Å². The van der Waals surface area contributed by atoms with Crippen LogP contribution in [-0.4, -0.2) is 19.8 Å². The van der Waals surface area contributed by atoms with Gasteiger partial charge in [-0.1, -0.05) is 0 Å². The highest BCUT2D eigenvalue weighted by Crippen LogP contribution is 2.31. The molecule has 0 aliphatic carbocycles. The molecule has 2 rings (SSSR count). The summed E-state index contributed by atoms with van der Waals surface area (Å²) in [5.74, 6) is 0. The first-order chi connectivity index (χ1) is 8.90. The van der Waals surface area contributed by atoms with Crippen LogP contribution in [0.2, 0.25) is 0 Å². The standard InChI is InChI=1S/C9H4N4O6/c14-11(15)6-1-5-2-7(12(16)17)4-10-9(5)8(3-6)13(18)19/h1-4H. The second-order valence-electron chi connectivity index (χ2n) is 3.50. The maximum absolute atomic E-state index is 10.8. The van der Waals surface area contributed by atoms with Gasteiger partial charge >= 0.3 is 5.69 Å². The Morgan fingerprint density at radius 3 is 1.95 bits per heavy atom. The number of benzene rings is 1. The minimum absolute atomic E-state index is 0.0323. The first-order valence-electron chi connectivity index (χ1n) is 4.77. The van der Waals surface area contributed by atoms with Crippen LogP contribution in [0.5, 0.6) is 0 Å². The number of nitro groups is 3. The Labute approximate surface area is 103 Å². The van der Waals surface area contributed by atoms with Crippen molar-refractivity contribution in [3.05, 3.63) is 54.7 Å². The summed E-state index contributed by atoms with van der Waals surface area (Å²) >= 11 is 0. The summed E-state index contributed by atoms with van der Waals surface area (Å²) in [6.07, 6.45) is 0.862. The van der Waals surface area contributed by atoms with Crippen LogP contribution in [0.15, 0.2) is 24.4 Å². The maximum Gasteiger partial charge on any atom is 0.302 e. The van der Waals surface area contributed by atoms with Gasteiger partial charge in [-0.05, 0) is 0 Å². The molecule has 2 aromatic rings. The van der Waals surface area contributed by atoms with E-state index in [0.717, 1.165) is 24.4 Å². The maximum atomic E-state index is 10.8. The lowest BCUT2D eigenvalue weighted by atomic mass is 10.1. The number of non-ortho nitro benzene ring substituents is 2. The molecule has 0 atom stereocenters. The summed E-state index contributed by atoms with van der Waals surface area (Å²) in [6, 6.07) is 2.77. The molecule has 0 saturated heterocycles. The van der Waals surface area contributed by atoms with Gasteiger partial charge in [-0.2, -0.15) is 0 Å². The number of aromatic nitrogens is 1. The Balaban J connectivity index is 2.83. The van der Waals surface area contributed by atoms with Gasteiger partial charge in [0, 0.05) is 17.5 Å². The quantitative estimate of drug-likeness (QED) is 0.608. The molecular weight excluding hydrogens is 260 g/mol. The van der Waals surface area contributed by atoms with Crippen molar-refractivity contribution in [2.75, 3.05) is 0 Å². The highest BCUT2D eigenvalue weighted by Gasteiger charge is 2.22. The van der Waals surface area contributed by atoms with Gasteiger partial charge in [0.2, 0.25) is 0 Å². The highest BCUT2D eigenvalue weighted by molar-refractivity contribution is 5.90. The Bertz CT molecular complexity index is 723. The average molecular weight is 264 g/mol. The van der Waals surface area contributed by atoms with Crippen LogP contribution in [0.25, 0.3) is 10.9 Å². The molecule has 0 aliphatic rings. The molecule has 96 valence electrons. The largest absolute Gasteiger partial charge is 0.302 e. The molecule has 1 heterocycles. The number of rotatable bonds is 3. The smallest absolute Gasteiger partial charge is 0.258 e. The van der Waals surface area contributed by atoms with Crippen molar-refractivity contribution in [2.45, 2.75) is 0 Å². The second kappa shape index (κ2) is 4.25. The van der Waals surface area contributed by atoms with E-state index in [0.29, 0.717) is 0 Å². The van der Waals surface area contributed by atoms with Crippen LogP contribution in [0.4, 0.5) is 17.1 Å². The van der Waals surface area contributed by atoms with E-state index >= 15 is 0 Å². The molecule has 1 aromatic carbocycles. The minimum Gasteiger partial charge on any atom is -0.258 e. The van der Waals surface area contributed by atoms with E-state index in [-0.39, 0.29) is 10.9 Å². The summed E-state index contributed by atoms with van der Waals surface area (Å²) < 4.78 is 0. The molecule has 0 spiro atoms. The van der Waals surface area contributed by atoms with Gasteiger partial charge in [0.25, 0.3) is 11.4 Å². The molecule has 0 aliphatic heterocycles. The SMILES string of the molecule is O=[N+]([O-])c1cnc2c([N+](=O)[O-])cc([N+](=O)[O-])cc2c1. The number of nitrogens with zero attached hydrogens (tertiary/aromatic N) is 4. The molecule has 0 saturated carbocycles. The lowest BCUT2D eigenvalue weighted by molar-refractivity contribution is -0.393. The normalized spacial score (nSPS) is 10.3. The molecule has 1 aromatic heterocycles. The Hall–Kier alpha value is -3.17. The second-order valence-corrected chi connectivity index (χ2v) is 3.50. The van der Waals surface area contributed by atoms with E-state index in [9.17, 15) is 30.3 Å². The van der Waals surface area contributed by atoms with Gasteiger partial charge in [-0.3, -0.25) is 30.3 Å². The van der Waals surface area contributed by atoms with Crippen molar-refractivity contribution in [3.8, 4) is 0 Å². The predicted octanol–water partition coefficient (Wildman–Crippen LogP) is 1.96. The first kappa shape index (κ1) is 12.3. The average Bonchev–Trinajstić information content (AvgIpc) is 2.36. The van der Waals surface area contributed by atoms with Crippen molar-refractivity contribution < 1.29 is 14.8 Å². The highest BCUT2D eigenvalue weighted by atomic mass is 16.6. The molecule has 0 bridgehead atoms. The van der Waals surface area contributed by atoms with Crippen LogP contribution in [0.3, 0.4) is 0 Å². The van der Waals surface area contributed by atoms with Gasteiger partial charge in [0.05, 0.1) is 20.8 Å². The molecule has 10 nitrogen and oxygen atoms in total. The fraction of sp³-hybridized carbons (Fsp3) is 0. The van der Waals surface area contributed by atoms with Gasteiger partial charge in [-0.25, -0.2) is 4.98 Å². The number of hydrogen-bond donors (Lipinski definition) is 0. The lowest BCUT2D eigenvalue weighted by Crippen LogP contribution is -1.96. The first-order valence-corrected chi connectivity index (χ1v) is 4.77. The Kier molecular flexibility index (Phi) is 2.75. The third kappa shape index (κ3) is 2.13. The van der Waals surface area contributed by atoms with Crippen LogP contribution in [-0.2, 0) is 0 Å². The zero-order chi connectivity index (χ0) is 14.2.